The molecule has 0 saturated carbocycles. The van der Waals surface area contributed by atoms with Crippen LogP contribution in [0, 0.1) is 0 Å². The van der Waals surface area contributed by atoms with Crippen molar-refractivity contribution < 1.29 is 14.3 Å². The van der Waals surface area contributed by atoms with Crippen molar-refractivity contribution in [2.45, 2.75) is 50.1 Å². The van der Waals surface area contributed by atoms with Crippen LogP contribution in [0.25, 0.3) is 11.4 Å². The van der Waals surface area contributed by atoms with Gasteiger partial charge in [-0.1, -0.05) is 0 Å². The van der Waals surface area contributed by atoms with Gasteiger partial charge in [-0.15, -0.1) is 0 Å². The van der Waals surface area contributed by atoms with Crippen molar-refractivity contribution in [3.05, 3.63) is 30.3 Å². The van der Waals surface area contributed by atoms with Crippen LogP contribution >= 0.6 is 0 Å². The highest BCUT2D eigenvalue weighted by atomic mass is 16.5. The SMILES string of the molecule is CNC(=O)Nc1ccc(-c2nc(N3CC4CCC(C3)O4)cc(N3CC4CCC(C3)O4)n2)cc1. The van der Waals surface area contributed by atoms with E-state index in [9.17, 15) is 4.79 Å². The highest BCUT2D eigenvalue weighted by molar-refractivity contribution is 5.89. The molecule has 4 bridgehead atoms. The van der Waals surface area contributed by atoms with Crippen molar-refractivity contribution in [3.63, 3.8) is 0 Å². The molecule has 9 heteroatoms. The number of nitrogens with one attached hydrogen (secondary N) is 2. The number of urea groups is 1. The van der Waals surface area contributed by atoms with E-state index in [-0.39, 0.29) is 6.03 Å². The number of anilines is 3. The summed E-state index contributed by atoms with van der Waals surface area (Å²) in [7, 11) is 1.60. The van der Waals surface area contributed by atoms with Crippen LogP contribution < -0.4 is 20.4 Å². The molecule has 1 aromatic carbocycles. The van der Waals surface area contributed by atoms with Gasteiger partial charge >= 0.3 is 6.03 Å². The molecule has 6 rings (SSSR count). The van der Waals surface area contributed by atoms with Gasteiger partial charge in [0.2, 0.25) is 0 Å². The lowest BCUT2D eigenvalue weighted by molar-refractivity contribution is 0.0299. The molecule has 2 aromatic rings. The van der Waals surface area contributed by atoms with Crippen LogP contribution in [0.3, 0.4) is 0 Å². The quantitative estimate of drug-likeness (QED) is 0.740. The minimum atomic E-state index is -0.243. The lowest BCUT2D eigenvalue weighted by Crippen LogP contribution is -2.44. The van der Waals surface area contributed by atoms with E-state index < -0.39 is 0 Å². The first-order valence-electron chi connectivity index (χ1n) is 11.9. The van der Waals surface area contributed by atoms with E-state index in [1.54, 1.807) is 7.05 Å². The molecule has 2 N–H and O–H groups in total. The maximum atomic E-state index is 11.6. The molecule has 33 heavy (non-hydrogen) atoms. The van der Waals surface area contributed by atoms with Crippen LogP contribution in [0.15, 0.2) is 30.3 Å². The van der Waals surface area contributed by atoms with Gasteiger partial charge in [0.15, 0.2) is 5.82 Å². The molecule has 4 saturated heterocycles. The molecule has 4 unspecified atom stereocenters. The van der Waals surface area contributed by atoms with Crippen LogP contribution in [0.4, 0.5) is 22.1 Å². The van der Waals surface area contributed by atoms with E-state index >= 15 is 0 Å². The molecular formula is C24H30N6O3. The third-order valence-electron chi connectivity index (χ3n) is 7.06. The summed E-state index contributed by atoms with van der Waals surface area (Å²) in [6.07, 6.45) is 5.66. The first-order chi connectivity index (χ1) is 16.1. The van der Waals surface area contributed by atoms with Gasteiger partial charge < -0.3 is 29.9 Å². The Morgan fingerprint density at radius 1 is 0.848 bits per heavy atom. The van der Waals surface area contributed by atoms with Gasteiger partial charge in [-0.05, 0) is 49.9 Å². The number of morpholine rings is 2. The van der Waals surface area contributed by atoms with Crippen molar-refractivity contribution in [1.82, 2.24) is 15.3 Å². The Bertz CT molecular complexity index is 959. The van der Waals surface area contributed by atoms with Crippen molar-refractivity contribution in [2.24, 2.45) is 0 Å². The largest absolute Gasteiger partial charge is 0.371 e. The highest BCUT2D eigenvalue weighted by Gasteiger charge is 2.36. The summed E-state index contributed by atoms with van der Waals surface area (Å²) in [5, 5.41) is 5.36. The van der Waals surface area contributed by atoms with Gasteiger partial charge in [0, 0.05) is 50.5 Å². The maximum absolute atomic E-state index is 11.6. The lowest BCUT2D eigenvalue weighted by Gasteiger charge is -2.35. The van der Waals surface area contributed by atoms with Gasteiger partial charge in [-0.3, -0.25) is 0 Å². The predicted octanol–water partition coefficient (Wildman–Crippen LogP) is 2.63. The summed E-state index contributed by atoms with van der Waals surface area (Å²) in [6.45, 7) is 3.48. The first-order valence-corrected chi connectivity index (χ1v) is 11.9. The lowest BCUT2D eigenvalue weighted by atomic mass is 10.2. The summed E-state index contributed by atoms with van der Waals surface area (Å²) in [5.41, 5.74) is 1.65. The number of hydrogen-bond donors (Lipinski definition) is 2. The number of ether oxygens (including phenoxy) is 2. The smallest absolute Gasteiger partial charge is 0.318 e. The molecule has 4 aliphatic heterocycles. The topological polar surface area (TPSA) is 91.9 Å². The number of amides is 2. The van der Waals surface area contributed by atoms with Crippen LogP contribution in [-0.2, 0) is 9.47 Å². The van der Waals surface area contributed by atoms with E-state index in [0.29, 0.717) is 30.2 Å². The van der Waals surface area contributed by atoms with Crippen molar-refractivity contribution in [3.8, 4) is 11.4 Å². The molecule has 0 radical (unpaired) electrons. The van der Waals surface area contributed by atoms with Crippen LogP contribution in [-0.4, -0.2) is 73.6 Å². The Balaban J connectivity index is 1.33. The van der Waals surface area contributed by atoms with Crippen molar-refractivity contribution in [1.29, 1.82) is 0 Å². The monoisotopic (exact) mass is 450 g/mol. The number of aromatic nitrogens is 2. The summed E-state index contributed by atoms with van der Waals surface area (Å²) >= 11 is 0. The number of benzene rings is 1. The van der Waals surface area contributed by atoms with Crippen LogP contribution in [0.5, 0.6) is 0 Å². The van der Waals surface area contributed by atoms with Crippen molar-refractivity contribution >= 4 is 23.4 Å². The molecule has 0 spiro atoms. The normalized spacial score (nSPS) is 28.2. The second-order valence-electron chi connectivity index (χ2n) is 9.41. The number of rotatable bonds is 4. The molecular weight excluding hydrogens is 420 g/mol. The Kier molecular flexibility index (Phi) is 5.30. The molecule has 4 atom stereocenters. The second kappa shape index (κ2) is 8.46. The third-order valence-corrected chi connectivity index (χ3v) is 7.06. The standard InChI is InChI=1S/C24H30N6O3/c1-25-24(31)26-16-4-2-15(3-5-16)23-27-21(29-11-17-6-7-18(12-29)32-17)10-22(28-23)30-13-19-8-9-20(14-30)33-19/h2-5,10,17-20H,6-9,11-14H2,1H3,(H2,25,26,31). The molecule has 0 aliphatic carbocycles. The van der Waals surface area contributed by atoms with E-state index in [0.717, 1.165) is 74.7 Å². The fraction of sp³-hybridized carbons (Fsp3) is 0.542. The zero-order valence-electron chi connectivity index (χ0n) is 18.9. The summed E-state index contributed by atoms with van der Waals surface area (Å²) in [4.78, 5) is 26.3. The zero-order valence-corrected chi connectivity index (χ0v) is 18.9. The minimum absolute atomic E-state index is 0.243. The van der Waals surface area contributed by atoms with Gasteiger partial charge in [-0.2, -0.15) is 0 Å². The number of fused-ring (bicyclic) bond motifs is 4. The van der Waals surface area contributed by atoms with Crippen LogP contribution in [0.1, 0.15) is 25.7 Å². The Morgan fingerprint density at radius 2 is 1.33 bits per heavy atom. The van der Waals surface area contributed by atoms with Crippen LogP contribution in [0.2, 0.25) is 0 Å². The number of carbonyl (C=O) groups excluding carboxylic acids is 1. The Labute approximate surface area is 193 Å². The molecule has 2 amide bonds. The highest BCUT2D eigenvalue weighted by Crippen LogP contribution is 2.34. The van der Waals surface area contributed by atoms with E-state index in [4.69, 9.17) is 19.4 Å². The average molecular weight is 451 g/mol. The fourth-order valence-electron chi connectivity index (χ4n) is 5.38. The number of hydrogen-bond acceptors (Lipinski definition) is 7. The summed E-state index contributed by atoms with van der Waals surface area (Å²) in [6, 6.07) is 9.57. The fourth-order valence-corrected chi connectivity index (χ4v) is 5.38. The first kappa shape index (κ1) is 20.7. The second-order valence-corrected chi connectivity index (χ2v) is 9.41. The van der Waals surface area contributed by atoms with Crippen molar-refractivity contribution in [2.75, 3.05) is 48.3 Å². The Morgan fingerprint density at radius 3 is 1.79 bits per heavy atom. The molecule has 5 heterocycles. The van der Waals surface area contributed by atoms with Gasteiger partial charge in [0.05, 0.1) is 24.4 Å². The van der Waals surface area contributed by atoms with Gasteiger partial charge in [0.1, 0.15) is 11.6 Å². The average Bonchev–Trinajstić information content (AvgIpc) is 3.37. The van der Waals surface area contributed by atoms with E-state index in [1.165, 1.54) is 0 Å². The third kappa shape index (κ3) is 4.22. The molecule has 174 valence electrons. The summed E-state index contributed by atoms with van der Waals surface area (Å²) in [5.74, 6) is 2.62. The van der Waals surface area contributed by atoms with Gasteiger partial charge in [-0.25, -0.2) is 14.8 Å². The summed E-state index contributed by atoms with van der Waals surface area (Å²) < 4.78 is 12.1. The Hall–Kier alpha value is -2.91. The number of carbonyl (C=O) groups is 1. The molecule has 4 aliphatic rings. The van der Waals surface area contributed by atoms with Gasteiger partial charge in [0.25, 0.3) is 0 Å². The number of nitrogens with zero attached hydrogens (tertiary/aromatic N) is 4. The van der Waals surface area contributed by atoms with E-state index in [2.05, 4.69) is 26.5 Å². The van der Waals surface area contributed by atoms with E-state index in [1.807, 2.05) is 24.3 Å². The zero-order chi connectivity index (χ0) is 22.4. The minimum Gasteiger partial charge on any atom is -0.371 e. The molecule has 1 aromatic heterocycles. The molecule has 4 fully saturated rings. The predicted molar refractivity (Wildman–Crippen MR) is 126 cm³/mol. The molecule has 9 nitrogen and oxygen atoms in total. The maximum Gasteiger partial charge on any atom is 0.318 e.